The Kier molecular flexibility index (Phi) is 5.63. The number of pyridine rings is 1. The maximum Gasteiger partial charge on any atom is 0.254 e. The largest absolute Gasteiger partial charge is 0.497 e. The van der Waals surface area contributed by atoms with Crippen LogP contribution < -0.4 is 4.74 Å². The van der Waals surface area contributed by atoms with Gasteiger partial charge in [0.1, 0.15) is 16.1 Å². The number of methoxy groups -OCH3 is 1. The van der Waals surface area contributed by atoms with Crippen LogP contribution in [-0.4, -0.2) is 29.4 Å². The summed E-state index contributed by atoms with van der Waals surface area (Å²) in [7, 11) is 1.62. The van der Waals surface area contributed by atoms with E-state index in [-0.39, 0.29) is 16.2 Å². The Morgan fingerprint density at radius 2 is 1.77 bits per heavy atom. The third-order valence-corrected chi connectivity index (χ3v) is 3.60. The average molecular weight is 339 g/mol. The maximum atomic E-state index is 12.6. The summed E-state index contributed by atoms with van der Waals surface area (Å²) in [4.78, 5) is 18.1. The molecule has 0 atom stereocenters. The molecule has 116 valence electrons. The van der Waals surface area contributed by atoms with E-state index in [4.69, 9.17) is 27.9 Å². The second-order valence-corrected chi connectivity index (χ2v) is 5.44. The molecule has 2 aromatic rings. The fourth-order valence-corrected chi connectivity index (χ4v) is 2.51. The number of ether oxygens (including phenoxy) is 1. The molecule has 0 fully saturated rings. The van der Waals surface area contributed by atoms with Crippen molar-refractivity contribution in [3.63, 3.8) is 0 Å². The standard InChI is InChI=1S/C16H16Cl2N2O2/c1-3-20(10-11-4-6-13(22-2)7-5-11)16(21)12-8-14(17)19-15(18)9-12/h4-9H,3,10H2,1-2H3. The summed E-state index contributed by atoms with van der Waals surface area (Å²) in [5.41, 5.74) is 1.45. The molecule has 22 heavy (non-hydrogen) atoms. The number of hydrogen-bond acceptors (Lipinski definition) is 3. The second kappa shape index (κ2) is 7.47. The Labute approximate surface area is 139 Å². The van der Waals surface area contributed by atoms with Gasteiger partial charge in [0.15, 0.2) is 0 Å². The highest BCUT2D eigenvalue weighted by atomic mass is 35.5. The summed E-state index contributed by atoms with van der Waals surface area (Å²) in [5, 5.41) is 0.410. The molecular weight excluding hydrogens is 323 g/mol. The summed E-state index contributed by atoms with van der Waals surface area (Å²) >= 11 is 11.7. The van der Waals surface area contributed by atoms with E-state index >= 15 is 0 Å². The highest BCUT2D eigenvalue weighted by molar-refractivity contribution is 6.33. The molecule has 0 bridgehead atoms. The number of aromatic nitrogens is 1. The van der Waals surface area contributed by atoms with Crippen LogP contribution in [0.1, 0.15) is 22.8 Å². The zero-order chi connectivity index (χ0) is 16.1. The summed E-state index contributed by atoms with van der Waals surface area (Å²) in [5.74, 6) is 0.648. The molecule has 4 nitrogen and oxygen atoms in total. The lowest BCUT2D eigenvalue weighted by atomic mass is 10.1. The van der Waals surface area contributed by atoms with E-state index in [1.807, 2.05) is 31.2 Å². The minimum Gasteiger partial charge on any atom is -0.497 e. The van der Waals surface area contributed by atoms with Crippen molar-refractivity contribution in [2.75, 3.05) is 13.7 Å². The highest BCUT2D eigenvalue weighted by Gasteiger charge is 2.16. The van der Waals surface area contributed by atoms with Crippen molar-refractivity contribution in [1.29, 1.82) is 0 Å². The van der Waals surface area contributed by atoms with Crippen molar-refractivity contribution in [2.24, 2.45) is 0 Å². The second-order valence-electron chi connectivity index (χ2n) is 4.67. The van der Waals surface area contributed by atoms with Gasteiger partial charge in [0.2, 0.25) is 0 Å². The van der Waals surface area contributed by atoms with Crippen LogP contribution in [0.2, 0.25) is 10.3 Å². The summed E-state index contributed by atoms with van der Waals surface area (Å²) in [6.45, 7) is 2.99. The molecule has 0 aliphatic rings. The smallest absolute Gasteiger partial charge is 0.254 e. The van der Waals surface area contributed by atoms with Crippen LogP contribution in [0.4, 0.5) is 0 Å². The maximum absolute atomic E-state index is 12.6. The number of hydrogen-bond donors (Lipinski definition) is 0. The Morgan fingerprint density at radius 3 is 2.27 bits per heavy atom. The number of carbonyl (C=O) groups excluding carboxylic acids is 1. The lowest BCUT2D eigenvalue weighted by Gasteiger charge is -2.21. The molecule has 6 heteroatoms. The molecule has 0 aliphatic heterocycles. The minimum absolute atomic E-state index is 0.135. The van der Waals surface area contributed by atoms with Gasteiger partial charge >= 0.3 is 0 Å². The van der Waals surface area contributed by atoms with Crippen molar-refractivity contribution in [3.05, 3.63) is 57.8 Å². The number of rotatable bonds is 5. The Balaban J connectivity index is 2.17. The molecule has 0 saturated carbocycles. The highest BCUT2D eigenvalue weighted by Crippen LogP contribution is 2.18. The van der Waals surface area contributed by atoms with Gasteiger partial charge in [-0.15, -0.1) is 0 Å². The van der Waals surface area contributed by atoms with E-state index in [1.165, 1.54) is 12.1 Å². The molecule has 2 rings (SSSR count). The van der Waals surface area contributed by atoms with Gasteiger partial charge in [-0.05, 0) is 36.8 Å². The predicted octanol–water partition coefficient (Wildman–Crippen LogP) is 4.06. The number of benzene rings is 1. The Hall–Kier alpha value is -1.78. The number of amides is 1. The fraction of sp³-hybridized carbons (Fsp3) is 0.250. The molecule has 0 radical (unpaired) electrons. The van der Waals surface area contributed by atoms with Crippen molar-refractivity contribution >= 4 is 29.1 Å². The SMILES string of the molecule is CCN(Cc1ccc(OC)cc1)C(=O)c1cc(Cl)nc(Cl)c1. The van der Waals surface area contributed by atoms with Crippen LogP contribution in [0.3, 0.4) is 0 Å². The third-order valence-electron chi connectivity index (χ3n) is 3.21. The molecule has 1 heterocycles. The first kappa shape index (κ1) is 16.6. The number of nitrogens with zero attached hydrogens (tertiary/aromatic N) is 2. The molecule has 1 amide bonds. The predicted molar refractivity (Wildman–Crippen MR) is 87.7 cm³/mol. The van der Waals surface area contributed by atoms with Gasteiger partial charge in [-0.25, -0.2) is 4.98 Å². The Bertz CT molecular complexity index is 639. The summed E-state index contributed by atoms with van der Waals surface area (Å²) in [6, 6.07) is 10.6. The van der Waals surface area contributed by atoms with Crippen LogP contribution in [0.5, 0.6) is 5.75 Å². The number of halogens is 2. The fourth-order valence-electron chi connectivity index (χ4n) is 2.05. The van der Waals surface area contributed by atoms with Gasteiger partial charge in [-0.1, -0.05) is 35.3 Å². The lowest BCUT2D eigenvalue weighted by Crippen LogP contribution is -2.30. The number of carbonyl (C=O) groups is 1. The first-order valence-corrected chi connectivity index (χ1v) is 7.54. The van der Waals surface area contributed by atoms with E-state index in [1.54, 1.807) is 12.0 Å². The van der Waals surface area contributed by atoms with Crippen molar-refractivity contribution < 1.29 is 9.53 Å². The normalized spacial score (nSPS) is 10.4. The zero-order valence-electron chi connectivity index (χ0n) is 12.3. The van der Waals surface area contributed by atoms with Gasteiger partial charge < -0.3 is 9.64 Å². The van der Waals surface area contributed by atoms with Gasteiger partial charge in [0, 0.05) is 18.7 Å². The van der Waals surface area contributed by atoms with E-state index < -0.39 is 0 Å². The van der Waals surface area contributed by atoms with Crippen LogP contribution in [0.15, 0.2) is 36.4 Å². The Morgan fingerprint density at radius 1 is 1.18 bits per heavy atom. The first-order valence-electron chi connectivity index (χ1n) is 6.78. The van der Waals surface area contributed by atoms with Gasteiger partial charge in [-0.2, -0.15) is 0 Å². The molecule has 1 aromatic heterocycles. The van der Waals surface area contributed by atoms with Crippen LogP contribution >= 0.6 is 23.2 Å². The van der Waals surface area contributed by atoms with Gasteiger partial charge in [0.25, 0.3) is 5.91 Å². The monoisotopic (exact) mass is 338 g/mol. The molecule has 0 spiro atoms. The lowest BCUT2D eigenvalue weighted by molar-refractivity contribution is 0.0752. The van der Waals surface area contributed by atoms with Crippen LogP contribution in [0, 0.1) is 0 Å². The summed E-state index contributed by atoms with van der Waals surface area (Å²) in [6.07, 6.45) is 0. The van der Waals surface area contributed by atoms with Gasteiger partial charge in [0.05, 0.1) is 7.11 Å². The van der Waals surface area contributed by atoms with E-state index in [2.05, 4.69) is 4.98 Å². The summed E-state index contributed by atoms with van der Waals surface area (Å²) < 4.78 is 5.13. The van der Waals surface area contributed by atoms with Crippen LogP contribution in [0.25, 0.3) is 0 Å². The zero-order valence-corrected chi connectivity index (χ0v) is 13.9. The molecule has 0 saturated heterocycles. The van der Waals surface area contributed by atoms with E-state index in [9.17, 15) is 4.79 Å². The van der Waals surface area contributed by atoms with Crippen LogP contribution in [-0.2, 0) is 6.54 Å². The third kappa shape index (κ3) is 4.12. The van der Waals surface area contributed by atoms with Crippen molar-refractivity contribution in [3.8, 4) is 5.75 Å². The van der Waals surface area contributed by atoms with Gasteiger partial charge in [-0.3, -0.25) is 4.79 Å². The molecule has 1 aromatic carbocycles. The van der Waals surface area contributed by atoms with E-state index in [0.717, 1.165) is 11.3 Å². The minimum atomic E-state index is -0.135. The molecule has 0 aliphatic carbocycles. The first-order chi connectivity index (χ1) is 10.5. The topological polar surface area (TPSA) is 42.4 Å². The molecular formula is C16H16Cl2N2O2. The molecule has 0 unspecified atom stereocenters. The quantitative estimate of drug-likeness (QED) is 0.772. The van der Waals surface area contributed by atoms with Crippen molar-refractivity contribution in [2.45, 2.75) is 13.5 Å². The molecule has 0 N–H and O–H groups in total. The van der Waals surface area contributed by atoms with Crippen molar-refractivity contribution in [1.82, 2.24) is 9.88 Å². The average Bonchev–Trinajstić information content (AvgIpc) is 2.51. The van der Waals surface area contributed by atoms with E-state index in [0.29, 0.717) is 18.7 Å².